The van der Waals surface area contributed by atoms with Gasteiger partial charge in [0.05, 0.1) is 14.7 Å². The van der Waals surface area contributed by atoms with Crippen molar-refractivity contribution in [1.82, 2.24) is 0 Å². The lowest BCUT2D eigenvalue weighted by Crippen LogP contribution is -1.59. The first-order valence-electron chi connectivity index (χ1n) is 1.91. The van der Waals surface area contributed by atoms with Crippen LogP contribution in [0, 0.1) is 5.77 Å². The minimum atomic E-state index is 1.18. The van der Waals surface area contributed by atoms with Crippen molar-refractivity contribution >= 4 is 88.4 Å². The van der Waals surface area contributed by atoms with Crippen LogP contribution in [0.4, 0.5) is 0 Å². The van der Waals surface area contributed by atoms with Crippen LogP contribution in [0.2, 0.25) is 0 Å². The van der Waals surface area contributed by atoms with E-state index in [0.29, 0.717) is 0 Å². The summed E-state index contributed by atoms with van der Waals surface area (Å²) in [5, 5.41) is 0. The second kappa shape index (κ2) is 3.68. The molecule has 0 atom stereocenters. The largest absolute Gasteiger partial charge is 0.121 e. The fraction of sp³-hybridized carbons (Fsp3) is 0. The van der Waals surface area contributed by atoms with E-state index in [0.717, 1.165) is 0 Å². The van der Waals surface area contributed by atoms with Crippen molar-refractivity contribution in [1.29, 1.82) is 0 Å². The van der Waals surface area contributed by atoms with E-state index in [9.17, 15) is 0 Å². The standard InChI is InChI=1S/C4Br2I2S/c5-1-2(6)4(8)9-3(1)7. The highest BCUT2D eigenvalue weighted by Crippen LogP contribution is 2.38. The van der Waals surface area contributed by atoms with Crippen molar-refractivity contribution in [2.75, 3.05) is 0 Å². The number of thiophene rings is 1. The van der Waals surface area contributed by atoms with Gasteiger partial charge in [-0.3, -0.25) is 0 Å². The monoisotopic (exact) mass is 492 g/mol. The molecule has 5 heteroatoms. The molecule has 1 aromatic rings. The zero-order valence-electron chi connectivity index (χ0n) is 3.92. The second-order valence-electron chi connectivity index (χ2n) is 1.28. The Morgan fingerprint density at radius 3 is 1.44 bits per heavy atom. The van der Waals surface area contributed by atoms with Crippen molar-refractivity contribution in [2.45, 2.75) is 0 Å². The smallest absolute Gasteiger partial charge is 0.0818 e. The first kappa shape index (κ1) is 9.21. The van der Waals surface area contributed by atoms with Crippen LogP contribution in [0.25, 0.3) is 0 Å². The SMILES string of the molecule is Brc1c(I)sc(I)c1Br. The van der Waals surface area contributed by atoms with Crippen LogP contribution in [0.3, 0.4) is 0 Å². The molecule has 0 aromatic carbocycles. The molecule has 0 N–H and O–H groups in total. The molecule has 0 bridgehead atoms. The predicted octanol–water partition coefficient (Wildman–Crippen LogP) is 4.48. The van der Waals surface area contributed by atoms with Gasteiger partial charge in [-0.05, 0) is 77.0 Å². The molecule has 0 unspecified atom stereocenters. The number of hydrogen-bond donors (Lipinski definition) is 0. The summed E-state index contributed by atoms with van der Waals surface area (Å²) in [7, 11) is 0. The maximum atomic E-state index is 3.45. The van der Waals surface area contributed by atoms with Crippen LogP contribution in [0.5, 0.6) is 0 Å². The van der Waals surface area contributed by atoms with Crippen LogP contribution in [-0.2, 0) is 0 Å². The third kappa shape index (κ3) is 2.03. The quantitative estimate of drug-likeness (QED) is 0.468. The summed E-state index contributed by atoms with van der Waals surface area (Å²) in [5.74, 6) is 0. The minimum Gasteiger partial charge on any atom is -0.121 e. The molecule has 9 heavy (non-hydrogen) atoms. The van der Waals surface area contributed by atoms with E-state index in [1.54, 1.807) is 11.3 Å². The summed E-state index contributed by atoms with van der Waals surface area (Å²) in [5.41, 5.74) is 0. The molecule has 0 aliphatic carbocycles. The van der Waals surface area contributed by atoms with Crippen LogP contribution in [0.1, 0.15) is 0 Å². The molecule has 1 aromatic heterocycles. The van der Waals surface area contributed by atoms with Crippen LogP contribution < -0.4 is 0 Å². The predicted molar refractivity (Wildman–Crippen MR) is 65.2 cm³/mol. The summed E-state index contributed by atoms with van der Waals surface area (Å²) in [6.45, 7) is 0. The van der Waals surface area contributed by atoms with Gasteiger partial charge in [0.1, 0.15) is 0 Å². The van der Waals surface area contributed by atoms with E-state index < -0.39 is 0 Å². The number of hydrogen-bond acceptors (Lipinski definition) is 1. The van der Waals surface area contributed by atoms with E-state index in [2.05, 4.69) is 77.0 Å². The van der Waals surface area contributed by atoms with Gasteiger partial charge in [-0.2, -0.15) is 0 Å². The number of rotatable bonds is 0. The van der Waals surface area contributed by atoms with Gasteiger partial charge in [-0.25, -0.2) is 0 Å². The molecule has 1 heterocycles. The molecule has 0 spiro atoms. The van der Waals surface area contributed by atoms with E-state index in [1.165, 1.54) is 14.7 Å². The molecule has 0 radical (unpaired) electrons. The molecule has 0 aliphatic rings. The van der Waals surface area contributed by atoms with Crippen molar-refractivity contribution in [3.8, 4) is 0 Å². The summed E-state index contributed by atoms with van der Waals surface area (Å²) < 4.78 is 4.95. The first-order chi connectivity index (χ1) is 4.13. The normalized spacial score (nSPS) is 10.2. The molecule has 0 fully saturated rings. The van der Waals surface area contributed by atoms with E-state index in [-0.39, 0.29) is 0 Å². The fourth-order valence-corrected chi connectivity index (χ4v) is 5.89. The highest BCUT2D eigenvalue weighted by atomic mass is 127. The minimum absolute atomic E-state index is 1.18. The van der Waals surface area contributed by atoms with Gasteiger partial charge in [0.25, 0.3) is 0 Å². The maximum Gasteiger partial charge on any atom is 0.0818 e. The van der Waals surface area contributed by atoms with Gasteiger partial charge in [-0.1, -0.05) is 0 Å². The van der Waals surface area contributed by atoms with Crippen LogP contribution >= 0.6 is 88.4 Å². The van der Waals surface area contributed by atoms with Crippen molar-refractivity contribution < 1.29 is 0 Å². The molecule has 0 saturated carbocycles. The molecule has 0 saturated heterocycles. The van der Waals surface area contributed by atoms with Gasteiger partial charge < -0.3 is 0 Å². The van der Waals surface area contributed by atoms with Gasteiger partial charge >= 0.3 is 0 Å². The molecule has 0 aliphatic heterocycles. The van der Waals surface area contributed by atoms with Gasteiger partial charge in [0.2, 0.25) is 0 Å². The lowest BCUT2D eigenvalue weighted by atomic mass is 10.7. The highest BCUT2D eigenvalue weighted by molar-refractivity contribution is 14.1. The van der Waals surface area contributed by atoms with Gasteiger partial charge in [0.15, 0.2) is 0 Å². The van der Waals surface area contributed by atoms with Crippen LogP contribution in [0.15, 0.2) is 8.95 Å². The summed E-state index contributed by atoms with van der Waals surface area (Å²) in [6, 6.07) is 0. The average Bonchev–Trinajstić information content (AvgIpc) is 1.98. The summed E-state index contributed by atoms with van der Waals surface area (Å²) in [4.78, 5) is 0. The molecule has 0 amide bonds. The first-order valence-corrected chi connectivity index (χ1v) is 6.47. The van der Waals surface area contributed by atoms with E-state index in [4.69, 9.17) is 0 Å². The third-order valence-corrected chi connectivity index (χ3v) is 8.01. The average molecular weight is 494 g/mol. The highest BCUT2D eigenvalue weighted by Gasteiger charge is 2.08. The molecule has 0 nitrogen and oxygen atoms in total. The topological polar surface area (TPSA) is 0 Å². The van der Waals surface area contributed by atoms with E-state index in [1.807, 2.05) is 0 Å². The lowest BCUT2D eigenvalue weighted by Gasteiger charge is -1.82. The molecule has 1 rings (SSSR count). The maximum absolute atomic E-state index is 3.45. The fourth-order valence-electron chi connectivity index (χ4n) is 0.341. The van der Waals surface area contributed by atoms with Crippen molar-refractivity contribution in [3.63, 3.8) is 0 Å². The second-order valence-corrected chi connectivity index (χ2v) is 7.51. The van der Waals surface area contributed by atoms with Gasteiger partial charge in [0, 0.05) is 0 Å². The summed E-state index contributed by atoms with van der Waals surface area (Å²) >= 11 is 13.3. The lowest BCUT2D eigenvalue weighted by molar-refractivity contribution is 1.72. The molecular weight excluding hydrogens is 494 g/mol. The Balaban J connectivity index is 3.29. The Morgan fingerprint density at radius 1 is 1.00 bits per heavy atom. The Bertz CT molecular complexity index is 210. The van der Waals surface area contributed by atoms with Crippen molar-refractivity contribution in [3.05, 3.63) is 14.7 Å². The number of halogens is 4. The zero-order valence-corrected chi connectivity index (χ0v) is 12.2. The Morgan fingerprint density at radius 2 is 1.33 bits per heavy atom. The Hall–Kier alpha value is 2.12. The van der Waals surface area contributed by atoms with Crippen LogP contribution in [-0.4, -0.2) is 0 Å². The molecular formula is C4Br2I2S. The van der Waals surface area contributed by atoms with Gasteiger partial charge in [-0.15, -0.1) is 11.3 Å². The Kier molecular flexibility index (Phi) is 3.77. The van der Waals surface area contributed by atoms with E-state index >= 15 is 0 Å². The van der Waals surface area contributed by atoms with Crippen molar-refractivity contribution in [2.24, 2.45) is 0 Å². The Labute approximate surface area is 101 Å². The third-order valence-electron chi connectivity index (χ3n) is 0.717. The zero-order chi connectivity index (χ0) is 7.02. The summed E-state index contributed by atoms with van der Waals surface area (Å²) in [6.07, 6.45) is 0. The molecule has 50 valence electrons.